The Balaban J connectivity index is 1.23. The lowest BCUT2D eigenvalue weighted by molar-refractivity contribution is -0.360. The van der Waals surface area contributed by atoms with E-state index in [2.05, 4.69) is 0 Å². The minimum atomic E-state index is -2.20. The number of phenols is 3. The second-order valence-electron chi connectivity index (χ2n) is 18.7. The minimum absolute atomic E-state index is 0.0593. The van der Waals surface area contributed by atoms with Gasteiger partial charge < -0.3 is 123 Å². The molecular weight excluding hydrogens is 1030 g/mol. The van der Waals surface area contributed by atoms with Crippen molar-refractivity contribution < 1.29 is 128 Å². The van der Waals surface area contributed by atoms with Crippen molar-refractivity contribution in [2.75, 3.05) is 20.8 Å². The smallest absolute Gasteiger partial charge is 0.331 e. The van der Waals surface area contributed by atoms with Gasteiger partial charge in [0.1, 0.15) is 89.6 Å². The highest BCUT2D eigenvalue weighted by molar-refractivity contribution is 5.89. The molecule has 27 heteroatoms. The predicted molar refractivity (Wildman–Crippen MR) is 255 cm³/mol. The van der Waals surface area contributed by atoms with E-state index in [1.165, 1.54) is 71.4 Å². The van der Waals surface area contributed by atoms with Crippen molar-refractivity contribution in [3.63, 3.8) is 0 Å². The first-order valence-electron chi connectivity index (χ1n) is 24.0. The van der Waals surface area contributed by atoms with Gasteiger partial charge in [-0.05, 0) is 62.7 Å². The van der Waals surface area contributed by atoms with Crippen molar-refractivity contribution >= 4 is 23.0 Å². The van der Waals surface area contributed by atoms with E-state index in [-0.39, 0.29) is 34.3 Å². The number of aliphatic hydroxyl groups is 10. The standard InChI is InChI=1S/C50H60O27/c1-17-32(55)36(59)39(62)47(69-17)68-16-29-44(75-30(54)11-7-20-6-9-23(51)26(12-20)66-4)42(65)46(77-49-41(64)38(61)34(57)19(3)71-49)50(74-29)76-45-35(58)31-25(53)14-22(72-48-40(63)37(60)33(56)18(2)70-48)15-28(31)73-43(45)21-8-10-24(52)27(13-21)67-5/h6-15,17-19,29,32-34,36-42,44,46-53,55-57,59-65H,16H2,1-5H3/b11-7+/t17-,18-,19-,29+,32-,33-,34-,36+,37+,38+,39+,40+,41+,42-,44-,46+,47+,48-,49-,50-/m0/s1. The first-order chi connectivity index (χ1) is 36.5. The lowest BCUT2D eigenvalue weighted by Crippen LogP contribution is -2.65. The van der Waals surface area contributed by atoms with Gasteiger partial charge in [0.15, 0.2) is 53.5 Å². The highest BCUT2D eigenvalue weighted by atomic mass is 16.8. The summed E-state index contributed by atoms with van der Waals surface area (Å²) in [6, 6.07) is 9.78. The Labute approximate surface area is 436 Å². The van der Waals surface area contributed by atoms with Crippen LogP contribution >= 0.6 is 0 Å². The van der Waals surface area contributed by atoms with Crippen molar-refractivity contribution in [1.29, 1.82) is 0 Å². The van der Waals surface area contributed by atoms with Gasteiger partial charge in [0.25, 0.3) is 0 Å². The molecule has 0 unspecified atom stereocenters. The monoisotopic (exact) mass is 1090 g/mol. The molecule has 77 heavy (non-hydrogen) atoms. The molecule has 5 heterocycles. The van der Waals surface area contributed by atoms with Gasteiger partial charge in [-0.25, -0.2) is 4.79 Å². The first-order valence-corrected chi connectivity index (χ1v) is 24.0. The number of aromatic hydroxyl groups is 3. The Kier molecular flexibility index (Phi) is 17.5. The maximum Gasteiger partial charge on any atom is 0.331 e. The molecule has 4 saturated heterocycles. The number of hydrogen-bond donors (Lipinski definition) is 13. The van der Waals surface area contributed by atoms with Crippen LogP contribution in [-0.2, 0) is 38.0 Å². The molecule has 422 valence electrons. The highest BCUT2D eigenvalue weighted by Crippen LogP contribution is 2.42. The fraction of sp³-hybridized carbons (Fsp3) is 0.520. The largest absolute Gasteiger partial charge is 0.507 e. The van der Waals surface area contributed by atoms with E-state index >= 15 is 0 Å². The topological polar surface area (TPSA) is 412 Å². The first kappa shape index (κ1) is 57.2. The molecule has 4 aliphatic rings. The lowest BCUT2D eigenvalue weighted by Gasteiger charge is -2.47. The van der Waals surface area contributed by atoms with E-state index in [1.54, 1.807) is 0 Å². The summed E-state index contributed by atoms with van der Waals surface area (Å²) < 4.78 is 69.7. The van der Waals surface area contributed by atoms with E-state index in [1.807, 2.05) is 0 Å². The molecule has 0 bridgehead atoms. The number of phenolic OH excluding ortho intramolecular Hbond substituents is 3. The summed E-state index contributed by atoms with van der Waals surface area (Å²) >= 11 is 0. The molecule has 0 amide bonds. The van der Waals surface area contributed by atoms with Gasteiger partial charge in [-0.15, -0.1) is 0 Å². The summed E-state index contributed by atoms with van der Waals surface area (Å²) in [4.78, 5) is 28.7. The summed E-state index contributed by atoms with van der Waals surface area (Å²) in [7, 11) is 2.52. The fourth-order valence-corrected chi connectivity index (χ4v) is 8.97. The van der Waals surface area contributed by atoms with Crippen molar-refractivity contribution in [2.45, 2.75) is 144 Å². The summed E-state index contributed by atoms with van der Waals surface area (Å²) in [6.45, 7) is 3.28. The number of fused-ring (bicyclic) bond motifs is 1. The number of carbonyl (C=O) groups is 1. The minimum Gasteiger partial charge on any atom is -0.507 e. The summed E-state index contributed by atoms with van der Waals surface area (Å²) in [5.41, 5.74) is -1.32. The van der Waals surface area contributed by atoms with Gasteiger partial charge in [0.2, 0.25) is 23.8 Å². The van der Waals surface area contributed by atoms with E-state index in [4.69, 9.17) is 56.5 Å². The maximum atomic E-state index is 15.0. The predicted octanol–water partition coefficient (Wildman–Crippen LogP) is -2.05. The summed E-state index contributed by atoms with van der Waals surface area (Å²) in [5, 5.41) is 140. The second kappa shape index (κ2) is 23.6. The van der Waals surface area contributed by atoms with E-state index in [9.17, 15) is 76.0 Å². The van der Waals surface area contributed by atoms with E-state index < -0.39 is 169 Å². The lowest BCUT2D eigenvalue weighted by atomic mass is 9.97. The van der Waals surface area contributed by atoms with Crippen LogP contribution in [0.5, 0.6) is 40.2 Å². The van der Waals surface area contributed by atoms with Crippen LogP contribution in [0.2, 0.25) is 0 Å². The van der Waals surface area contributed by atoms with Gasteiger partial charge >= 0.3 is 5.97 Å². The van der Waals surface area contributed by atoms with Crippen molar-refractivity contribution in [1.82, 2.24) is 0 Å². The molecule has 4 aromatic rings. The Morgan fingerprint density at radius 1 is 0.584 bits per heavy atom. The molecular formula is C50H60O27. The van der Waals surface area contributed by atoms with Crippen LogP contribution < -0.4 is 24.4 Å². The summed E-state index contributed by atoms with van der Waals surface area (Å²) in [5.74, 6) is -4.27. The van der Waals surface area contributed by atoms with Gasteiger partial charge in [-0.3, -0.25) is 4.79 Å². The normalized spacial score (nSPS) is 35.6. The Bertz CT molecular complexity index is 2800. The van der Waals surface area contributed by atoms with E-state index in [0.717, 1.165) is 24.3 Å². The molecule has 27 nitrogen and oxygen atoms in total. The number of esters is 1. The second-order valence-corrected chi connectivity index (χ2v) is 18.7. The average molecular weight is 1090 g/mol. The van der Waals surface area contributed by atoms with Gasteiger partial charge in [0, 0.05) is 23.8 Å². The molecule has 4 fully saturated rings. The zero-order chi connectivity index (χ0) is 55.9. The molecule has 8 rings (SSSR count). The van der Waals surface area contributed by atoms with Crippen LogP contribution in [0.4, 0.5) is 0 Å². The van der Waals surface area contributed by atoms with Gasteiger partial charge in [-0.1, -0.05) is 6.07 Å². The summed E-state index contributed by atoms with van der Waals surface area (Å²) in [6.07, 6.45) is -32.4. The van der Waals surface area contributed by atoms with E-state index in [0.29, 0.717) is 5.56 Å². The Hall–Kier alpha value is -5.96. The average Bonchev–Trinajstić information content (AvgIpc) is 3.40. The molecule has 0 aliphatic carbocycles. The van der Waals surface area contributed by atoms with Crippen molar-refractivity contribution in [3.8, 4) is 51.6 Å². The molecule has 0 radical (unpaired) electrons. The third-order valence-corrected chi connectivity index (χ3v) is 13.5. The van der Waals surface area contributed by atoms with Crippen LogP contribution in [-0.4, -0.2) is 216 Å². The third-order valence-electron chi connectivity index (χ3n) is 13.5. The van der Waals surface area contributed by atoms with Gasteiger partial charge in [-0.2, -0.15) is 0 Å². The maximum absolute atomic E-state index is 15.0. The molecule has 20 atom stereocenters. The zero-order valence-corrected chi connectivity index (χ0v) is 41.6. The molecule has 1 aromatic heterocycles. The van der Waals surface area contributed by atoms with Crippen LogP contribution in [0.3, 0.4) is 0 Å². The molecule has 3 aromatic carbocycles. The zero-order valence-electron chi connectivity index (χ0n) is 41.6. The number of benzene rings is 3. The van der Waals surface area contributed by atoms with Crippen molar-refractivity contribution in [3.05, 3.63) is 70.4 Å². The van der Waals surface area contributed by atoms with Crippen LogP contribution in [0.1, 0.15) is 26.3 Å². The molecule has 13 N–H and O–H groups in total. The number of ether oxygens (including phenoxy) is 11. The SMILES string of the molecule is COc1cc(/C=C/C(=O)O[C@@H]2[C@H](O)[C@@H](O[C@@H]3O[C@@H](C)[C@H](O)[C@@H](O)[C@H]3O)[C@H](Oc3c(-c4ccc(O)c(OC)c4)oc4cc(O[C@@H]5O[C@@H](C)[C@H](O)[C@@H](O)[C@H]5O)cc(O)c4c3=O)O[C@@H]2CO[C@@H]2O[C@@H](C)[C@H](O)[C@@H](O)[C@H]2O)ccc1O. The van der Waals surface area contributed by atoms with Gasteiger partial charge in [0.05, 0.1) is 39.1 Å². The Morgan fingerprint density at radius 3 is 1.77 bits per heavy atom. The quantitative estimate of drug-likeness (QED) is 0.0450. The number of carbonyl (C=O) groups excluding carboxylic acids is 1. The fourth-order valence-electron chi connectivity index (χ4n) is 8.97. The number of rotatable bonds is 15. The highest BCUT2D eigenvalue weighted by Gasteiger charge is 2.54. The van der Waals surface area contributed by atoms with Crippen LogP contribution in [0.15, 0.2) is 63.8 Å². The molecule has 4 aliphatic heterocycles. The number of aliphatic hydroxyl groups excluding tert-OH is 10. The number of hydrogen-bond acceptors (Lipinski definition) is 27. The number of methoxy groups -OCH3 is 2. The molecule has 0 spiro atoms. The molecule has 0 saturated carbocycles. The third kappa shape index (κ3) is 11.8. The Morgan fingerprint density at radius 2 is 1.14 bits per heavy atom. The van der Waals surface area contributed by atoms with Crippen LogP contribution in [0.25, 0.3) is 28.4 Å². The van der Waals surface area contributed by atoms with Crippen LogP contribution in [0, 0.1) is 0 Å². The van der Waals surface area contributed by atoms with Crippen molar-refractivity contribution in [2.24, 2.45) is 0 Å².